The third kappa shape index (κ3) is 5.94. The first-order chi connectivity index (χ1) is 19.8. The molecule has 0 fully saturated rings. The van der Waals surface area contributed by atoms with Gasteiger partial charge in [0, 0.05) is 35.2 Å². The van der Waals surface area contributed by atoms with Crippen LogP contribution in [0.3, 0.4) is 0 Å². The molecule has 0 radical (unpaired) electrons. The molecule has 3 aromatic carbocycles. The van der Waals surface area contributed by atoms with Crippen molar-refractivity contribution in [3.63, 3.8) is 0 Å². The molecule has 10 nitrogen and oxygen atoms in total. The maximum atomic E-state index is 14.2. The first-order valence-corrected chi connectivity index (χ1v) is 15.5. The van der Waals surface area contributed by atoms with Gasteiger partial charge in [-0.2, -0.15) is 0 Å². The standard InChI is InChI=1S/C28H23F2N5O5S2/c1-40-28-25(35-42(38,39)26-9-7-19(29)13-22(26)30)12-18(15-32-28)16-6-8-23-17(10-16)11-24(27(31)34-23)33-20-4-3-5-21(14-20)41(2,36)37/h3-15,33,35H,1-2H3,(H2,31,34). The second-order valence-corrected chi connectivity index (χ2v) is 12.9. The van der Waals surface area contributed by atoms with Crippen LogP contribution in [0.5, 0.6) is 5.88 Å². The van der Waals surface area contributed by atoms with E-state index in [0.29, 0.717) is 39.5 Å². The number of methoxy groups -OCH3 is 1. The number of aromatic nitrogens is 2. The zero-order chi connectivity index (χ0) is 30.2. The van der Waals surface area contributed by atoms with Gasteiger partial charge in [0.05, 0.1) is 23.2 Å². The SMILES string of the molecule is COc1ncc(-c2ccc3nc(N)c(Nc4cccc(S(C)(=O)=O)c4)cc3c2)cc1NS(=O)(=O)c1ccc(F)cc1F. The molecule has 0 amide bonds. The number of nitrogens with two attached hydrogens (primary N) is 1. The number of sulfone groups is 1. The van der Waals surface area contributed by atoms with Crippen LogP contribution in [-0.4, -0.2) is 40.2 Å². The minimum atomic E-state index is -4.46. The number of nitrogens with zero attached hydrogens (tertiary/aromatic N) is 2. The second kappa shape index (κ2) is 10.9. The lowest BCUT2D eigenvalue weighted by Gasteiger charge is -2.14. The molecule has 5 rings (SSSR count). The Hall–Kier alpha value is -4.82. The first-order valence-electron chi connectivity index (χ1n) is 12.1. The molecule has 42 heavy (non-hydrogen) atoms. The molecule has 216 valence electrons. The molecule has 2 aromatic heterocycles. The van der Waals surface area contributed by atoms with E-state index in [1.165, 1.54) is 31.5 Å². The lowest BCUT2D eigenvalue weighted by molar-refractivity contribution is 0.400. The van der Waals surface area contributed by atoms with E-state index in [1.54, 1.807) is 36.4 Å². The van der Waals surface area contributed by atoms with Gasteiger partial charge in [-0.15, -0.1) is 0 Å². The highest BCUT2D eigenvalue weighted by molar-refractivity contribution is 7.92. The highest BCUT2D eigenvalue weighted by atomic mass is 32.2. The molecule has 0 aliphatic carbocycles. The van der Waals surface area contributed by atoms with Gasteiger partial charge in [0.15, 0.2) is 9.84 Å². The van der Waals surface area contributed by atoms with Crippen molar-refractivity contribution in [1.29, 1.82) is 0 Å². The Morgan fingerprint density at radius 3 is 2.38 bits per heavy atom. The number of ether oxygens (including phenoxy) is 1. The van der Waals surface area contributed by atoms with E-state index in [2.05, 4.69) is 20.0 Å². The summed E-state index contributed by atoms with van der Waals surface area (Å²) in [7, 11) is -6.58. The Kier molecular flexibility index (Phi) is 7.43. The van der Waals surface area contributed by atoms with Crippen LogP contribution in [0.15, 0.2) is 88.8 Å². The van der Waals surface area contributed by atoms with E-state index >= 15 is 0 Å². The molecule has 0 bridgehead atoms. The predicted octanol–water partition coefficient (Wildman–Crippen LogP) is 5.11. The molecule has 0 aliphatic heterocycles. The van der Waals surface area contributed by atoms with Crippen LogP contribution in [-0.2, 0) is 19.9 Å². The van der Waals surface area contributed by atoms with Gasteiger partial charge in [-0.3, -0.25) is 4.72 Å². The summed E-state index contributed by atoms with van der Waals surface area (Å²) in [6.07, 6.45) is 2.59. The smallest absolute Gasteiger partial charge is 0.264 e. The Balaban J connectivity index is 1.50. The summed E-state index contributed by atoms with van der Waals surface area (Å²) in [5.41, 5.74) is 8.71. The van der Waals surface area contributed by atoms with Crippen LogP contribution >= 0.6 is 0 Å². The zero-order valence-corrected chi connectivity index (χ0v) is 23.7. The summed E-state index contributed by atoms with van der Waals surface area (Å²) in [6.45, 7) is 0. The van der Waals surface area contributed by atoms with Gasteiger partial charge < -0.3 is 15.8 Å². The minimum Gasteiger partial charge on any atom is -0.480 e. The van der Waals surface area contributed by atoms with Crippen LogP contribution < -0.4 is 20.5 Å². The number of hydrogen-bond donors (Lipinski definition) is 3. The predicted molar refractivity (Wildman–Crippen MR) is 156 cm³/mol. The quantitative estimate of drug-likeness (QED) is 0.217. The number of anilines is 4. The molecular weight excluding hydrogens is 588 g/mol. The van der Waals surface area contributed by atoms with Crippen molar-refractivity contribution in [2.45, 2.75) is 9.79 Å². The summed E-state index contributed by atoms with van der Waals surface area (Å²) in [4.78, 5) is 8.01. The van der Waals surface area contributed by atoms with Gasteiger partial charge in [-0.25, -0.2) is 35.6 Å². The van der Waals surface area contributed by atoms with E-state index in [9.17, 15) is 25.6 Å². The van der Waals surface area contributed by atoms with Crippen molar-refractivity contribution in [3.05, 3.63) is 90.6 Å². The van der Waals surface area contributed by atoms with Gasteiger partial charge in [0.2, 0.25) is 5.88 Å². The largest absolute Gasteiger partial charge is 0.480 e. The minimum absolute atomic E-state index is 0.0668. The molecule has 4 N–H and O–H groups in total. The van der Waals surface area contributed by atoms with E-state index in [4.69, 9.17) is 10.5 Å². The van der Waals surface area contributed by atoms with Crippen molar-refractivity contribution in [2.24, 2.45) is 0 Å². The fourth-order valence-electron chi connectivity index (χ4n) is 4.17. The normalized spacial score (nSPS) is 11.8. The number of pyridine rings is 2. The molecule has 0 saturated heterocycles. The Morgan fingerprint density at radius 1 is 0.881 bits per heavy atom. The van der Waals surface area contributed by atoms with Crippen LogP contribution in [0, 0.1) is 11.6 Å². The van der Waals surface area contributed by atoms with E-state index in [1.807, 2.05) is 0 Å². The third-order valence-corrected chi connectivity index (χ3v) is 8.70. The van der Waals surface area contributed by atoms with Crippen LogP contribution in [0.1, 0.15) is 0 Å². The van der Waals surface area contributed by atoms with Crippen molar-refractivity contribution in [3.8, 4) is 17.0 Å². The topological polar surface area (TPSA) is 153 Å². The maximum absolute atomic E-state index is 14.2. The number of sulfonamides is 1. The number of halogens is 2. The first kappa shape index (κ1) is 28.7. The lowest BCUT2D eigenvalue weighted by Crippen LogP contribution is -2.15. The number of nitrogen functional groups attached to an aromatic ring is 1. The molecule has 5 aromatic rings. The van der Waals surface area contributed by atoms with E-state index in [-0.39, 0.29) is 22.3 Å². The number of fused-ring (bicyclic) bond motifs is 1. The zero-order valence-electron chi connectivity index (χ0n) is 22.1. The van der Waals surface area contributed by atoms with Gasteiger partial charge in [0.25, 0.3) is 10.0 Å². The maximum Gasteiger partial charge on any atom is 0.264 e. The highest BCUT2D eigenvalue weighted by Gasteiger charge is 2.22. The summed E-state index contributed by atoms with van der Waals surface area (Å²) >= 11 is 0. The monoisotopic (exact) mass is 611 g/mol. The summed E-state index contributed by atoms with van der Waals surface area (Å²) < 4.78 is 84.7. The van der Waals surface area contributed by atoms with E-state index in [0.717, 1.165) is 18.4 Å². The second-order valence-electron chi connectivity index (χ2n) is 9.21. The van der Waals surface area contributed by atoms with E-state index < -0.39 is 36.4 Å². The Bertz CT molecular complexity index is 2070. The average molecular weight is 612 g/mol. The Morgan fingerprint density at radius 2 is 1.67 bits per heavy atom. The fourth-order valence-corrected chi connectivity index (χ4v) is 5.95. The fraction of sp³-hybridized carbons (Fsp3) is 0.0714. The molecule has 2 heterocycles. The van der Waals surface area contributed by atoms with Gasteiger partial charge >= 0.3 is 0 Å². The molecule has 0 unspecified atom stereocenters. The summed E-state index contributed by atoms with van der Waals surface area (Å²) in [5.74, 6) is -2.04. The van der Waals surface area contributed by atoms with Gasteiger partial charge in [-0.1, -0.05) is 12.1 Å². The van der Waals surface area contributed by atoms with Crippen molar-refractivity contribution >= 4 is 53.6 Å². The van der Waals surface area contributed by atoms with Gasteiger partial charge in [-0.05, 0) is 60.2 Å². The van der Waals surface area contributed by atoms with Crippen LogP contribution in [0.2, 0.25) is 0 Å². The number of hydrogen-bond acceptors (Lipinski definition) is 9. The average Bonchev–Trinajstić information content (AvgIpc) is 2.92. The molecule has 0 atom stereocenters. The molecule has 0 spiro atoms. The number of rotatable bonds is 8. The van der Waals surface area contributed by atoms with Crippen molar-refractivity contribution < 1.29 is 30.4 Å². The molecule has 0 saturated carbocycles. The van der Waals surface area contributed by atoms with Gasteiger partial charge in [0.1, 0.15) is 28.0 Å². The van der Waals surface area contributed by atoms with Crippen LogP contribution in [0.4, 0.5) is 31.7 Å². The van der Waals surface area contributed by atoms with Crippen molar-refractivity contribution in [1.82, 2.24) is 9.97 Å². The molecule has 0 aliphatic rings. The third-order valence-electron chi connectivity index (χ3n) is 6.19. The highest BCUT2D eigenvalue weighted by Crippen LogP contribution is 2.33. The summed E-state index contributed by atoms with van der Waals surface area (Å²) in [5, 5.41) is 3.76. The van der Waals surface area contributed by atoms with Crippen molar-refractivity contribution in [2.75, 3.05) is 29.1 Å². The summed E-state index contributed by atoms with van der Waals surface area (Å²) in [6, 6.07) is 16.8. The van der Waals surface area contributed by atoms with Crippen LogP contribution in [0.25, 0.3) is 22.0 Å². The molecular formula is C28H23F2N5O5S2. The Labute approximate surface area is 240 Å². The number of benzene rings is 3. The lowest BCUT2D eigenvalue weighted by atomic mass is 10.0. The number of nitrogens with one attached hydrogen (secondary N) is 2. The molecule has 14 heteroatoms.